The van der Waals surface area contributed by atoms with Crippen molar-refractivity contribution in [2.75, 3.05) is 12.4 Å². The van der Waals surface area contributed by atoms with Crippen LogP contribution in [0.5, 0.6) is 5.75 Å². The van der Waals surface area contributed by atoms with Gasteiger partial charge in [-0.05, 0) is 31.2 Å². The van der Waals surface area contributed by atoms with Gasteiger partial charge in [0, 0.05) is 23.8 Å². The van der Waals surface area contributed by atoms with Crippen molar-refractivity contribution in [2.45, 2.75) is 19.8 Å². The van der Waals surface area contributed by atoms with E-state index in [0.717, 1.165) is 4.88 Å². The predicted octanol–water partition coefficient (Wildman–Crippen LogP) is 3.81. The predicted molar refractivity (Wildman–Crippen MR) is 84.2 cm³/mol. The number of amides is 1. The molecule has 2 rings (SSSR count). The van der Waals surface area contributed by atoms with E-state index in [1.165, 1.54) is 36.6 Å². The van der Waals surface area contributed by atoms with Crippen LogP contribution in [0.15, 0.2) is 30.3 Å². The van der Waals surface area contributed by atoms with Crippen molar-refractivity contribution in [3.8, 4) is 5.75 Å². The first-order chi connectivity index (χ1) is 10.5. The SMILES string of the molecule is COc1cc(F)ccc1NC(=O)CCC(=O)c1ccc(C)s1. The molecule has 116 valence electrons. The second-order valence-corrected chi connectivity index (χ2v) is 6.01. The van der Waals surface area contributed by atoms with Crippen molar-refractivity contribution in [1.82, 2.24) is 0 Å². The van der Waals surface area contributed by atoms with Crippen LogP contribution in [0.3, 0.4) is 0 Å². The highest BCUT2D eigenvalue weighted by atomic mass is 32.1. The van der Waals surface area contributed by atoms with Crippen LogP contribution < -0.4 is 10.1 Å². The minimum atomic E-state index is -0.446. The molecule has 1 heterocycles. The number of anilines is 1. The quantitative estimate of drug-likeness (QED) is 0.823. The minimum absolute atomic E-state index is 0.0562. The number of nitrogens with one attached hydrogen (secondary N) is 1. The van der Waals surface area contributed by atoms with Crippen molar-refractivity contribution in [1.29, 1.82) is 0 Å². The van der Waals surface area contributed by atoms with Gasteiger partial charge in [-0.3, -0.25) is 9.59 Å². The number of benzene rings is 1. The zero-order valence-corrected chi connectivity index (χ0v) is 13.1. The Balaban J connectivity index is 1.92. The van der Waals surface area contributed by atoms with Crippen LogP contribution in [0, 0.1) is 12.7 Å². The Kier molecular flexibility index (Phi) is 5.27. The summed E-state index contributed by atoms with van der Waals surface area (Å²) >= 11 is 1.42. The van der Waals surface area contributed by atoms with E-state index in [2.05, 4.69) is 5.32 Å². The molecule has 0 aliphatic heterocycles. The molecule has 0 saturated heterocycles. The van der Waals surface area contributed by atoms with E-state index < -0.39 is 5.82 Å². The van der Waals surface area contributed by atoms with Gasteiger partial charge in [-0.2, -0.15) is 0 Å². The highest BCUT2D eigenvalue weighted by Crippen LogP contribution is 2.25. The van der Waals surface area contributed by atoms with Gasteiger partial charge in [0.15, 0.2) is 5.78 Å². The molecule has 0 aliphatic rings. The molecule has 0 fully saturated rings. The number of carbonyl (C=O) groups excluding carboxylic acids is 2. The fourth-order valence-corrected chi connectivity index (χ4v) is 2.75. The Morgan fingerprint density at radius 2 is 2.00 bits per heavy atom. The summed E-state index contributed by atoms with van der Waals surface area (Å²) in [6.45, 7) is 1.93. The molecule has 0 radical (unpaired) electrons. The molecule has 22 heavy (non-hydrogen) atoms. The average molecular weight is 321 g/mol. The Hall–Kier alpha value is -2.21. The number of methoxy groups -OCH3 is 1. The van der Waals surface area contributed by atoms with Gasteiger partial charge in [0.25, 0.3) is 0 Å². The highest BCUT2D eigenvalue weighted by molar-refractivity contribution is 7.14. The summed E-state index contributed by atoms with van der Waals surface area (Å²) in [5, 5.41) is 2.62. The van der Waals surface area contributed by atoms with Gasteiger partial charge in [0.1, 0.15) is 11.6 Å². The summed E-state index contributed by atoms with van der Waals surface area (Å²) in [5.74, 6) is -0.572. The normalized spacial score (nSPS) is 10.3. The van der Waals surface area contributed by atoms with Crippen LogP contribution in [0.2, 0.25) is 0 Å². The topological polar surface area (TPSA) is 55.4 Å². The molecule has 1 amide bonds. The highest BCUT2D eigenvalue weighted by Gasteiger charge is 2.13. The Bertz CT molecular complexity index is 696. The van der Waals surface area contributed by atoms with Crippen molar-refractivity contribution < 1.29 is 18.7 Å². The smallest absolute Gasteiger partial charge is 0.224 e. The molecule has 2 aromatic rings. The number of carbonyl (C=O) groups is 2. The molecule has 1 aromatic heterocycles. The van der Waals surface area contributed by atoms with Crippen molar-refractivity contribution in [2.24, 2.45) is 0 Å². The molecule has 1 N–H and O–H groups in total. The van der Waals surface area contributed by atoms with Crippen molar-refractivity contribution >= 4 is 28.7 Å². The van der Waals surface area contributed by atoms with E-state index in [4.69, 9.17) is 4.74 Å². The molecule has 1 aromatic carbocycles. The number of aryl methyl sites for hydroxylation is 1. The maximum absolute atomic E-state index is 13.1. The van der Waals surface area contributed by atoms with Gasteiger partial charge in [-0.15, -0.1) is 11.3 Å². The third-order valence-corrected chi connectivity index (χ3v) is 4.07. The number of halogens is 1. The monoisotopic (exact) mass is 321 g/mol. The van der Waals surface area contributed by atoms with Crippen LogP contribution in [-0.4, -0.2) is 18.8 Å². The van der Waals surface area contributed by atoms with Gasteiger partial charge < -0.3 is 10.1 Å². The second-order valence-electron chi connectivity index (χ2n) is 4.73. The fraction of sp³-hybridized carbons (Fsp3) is 0.250. The maximum Gasteiger partial charge on any atom is 0.224 e. The third kappa shape index (κ3) is 4.14. The molecule has 0 spiro atoms. The first kappa shape index (κ1) is 16.2. The number of ether oxygens (including phenoxy) is 1. The van der Waals surface area contributed by atoms with Gasteiger partial charge in [-0.25, -0.2) is 4.39 Å². The largest absolute Gasteiger partial charge is 0.494 e. The lowest BCUT2D eigenvalue weighted by atomic mass is 10.2. The van der Waals surface area contributed by atoms with Crippen molar-refractivity contribution in [3.63, 3.8) is 0 Å². The zero-order valence-electron chi connectivity index (χ0n) is 12.3. The molecular formula is C16H16FNO3S. The molecule has 0 unspecified atom stereocenters. The Morgan fingerprint density at radius 1 is 1.23 bits per heavy atom. The van der Waals surface area contributed by atoms with E-state index >= 15 is 0 Å². The van der Waals surface area contributed by atoms with Crippen LogP contribution in [0.4, 0.5) is 10.1 Å². The average Bonchev–Trinajstić information content (AvgIpc) is 2.93. The van der Waals surface area contributed by atoms with Crippen LogP contribution in [0.25, 0.3) is 0 Å². The van der Waals surface area contributed by atoms with Gasteiger partial charge >= 0.3 is 0 Å². The molecule has 0 atom stereocenters. The third-order valence-electron chi connectivity index (χ3n) is 3.03. The maximum atomic E-state index is 13.1. The second kappa shape index (κ2) is 7.17. The summed E-state index contributed by atoms with van der Waals surface area (Å²) in [4.78, 5) is 25.6. The van der Waals surface area contributed by atoms with E-state index in [-0.39, 0.29) is 30.3 Å². The number of hydrogen-bond donors (Lipinski definition) is 1. The van der Waals surface area contributed by atoms with E-state index in [1.54, 1.807) is 6.07 Å². The van der Waals surface area contributed by atoms with Gasteiger partial charge in [-0.1, -0.05) is 0 Å². The van der Waals surface area contributed by atoms with Crippen LogP contribution in [-0.2, 0) is 4.79 Å². The molecule has 0 saturated carbocycles. The molecular weight excluding hydrogens is 305 g/mol. The van der Waals surface area contributed by atoms with E-state index in [0.29, 0.717) is 10.6 Å². The number of rotatable bonds is 6. The minimum Gasteiger partial charge on any atom is -0.494 e. The summed E-state index contributed by atoms with van der Waals surface area (Å²) in [6, 6.07) is 7.49. The first-order valence-corrected chi connectivity index (χ1v) is 7.54. The summed E-state index contributed by atoms with van der Waals surface area (Å²) in [5.41, 5.74) is 0.383. The lowest BCUT2D eigenvalue weighted by molar-refractivity contribution is -0.116. The number of thiophene rings is 1. The van der Waals surface area contributed by atoms with Crippen LogP contribution in [0.1, 0.15) is 27.4 Å². The van der Waals surface area contributed by atoms with Crippen molar-refractivity contribution in [3.05, 3.63) is 45.9 Å². The van der Waals surface area contributed by atoms with Gasteiger partial charge in [0.2, 0.25) is 5.91 Å². The van der Waals surface area contributed by atoms with E-state index in [1.807, 2.05) is 13.0 Å². The summed E-state index contributed by atoms with van der Waals surface area (Å²) in [6.07, 6.45) is 0.200. The van der Waals surface area contributed by atoms with Gasteiger partial charge in [0.05, 0.1) is 17.7 Å². The summed E-state index contributed by atoms with van der Waals surface area (Å²) in [7, 11) is 1.40. The molecule has 0 aliphatic carbocycles. The zero-order chi connectivity index (χ0) is 16.1. The number of ketones is 1. The Labute approximate surface area is 131 Å². The number of Topliss-reactive ketones (excluding diaryl/α,β-unsaturated/α-hetero) is 1. The number of hydrogen-bond acceptors (Lipinski definition) is 4. The first-order valence-electron chi connectivity index (χ1n) is 6.72. The lowest BCUT2D eigenvalue weighted by Crippen LogP contribution is -2.14. The van der Waals surface area contributed by atoms with Crippen LogP contribution >= 0.6 is 11.3 Å². The molecule has 6 heteroatoms. The summed E-state index contributed by atoms with van der Waals surface area (Å²) < 4.78 is 18.1. The lowest BCUT2D eigenvalue weighted by Gasteiger charge is -2.09. The molecule has 0 bridgehead atoms. The fourth-order valence-electron chi connectivity index (χ4n) is 1.92. The Morgan fingerprint density at radius 3 is 2.64 bits per heavy atom. The van der Waals surface area contributed by atoms with E-state index in [9.17, 15) is 14.0 Å². The standard InChI is InChI=1S/C16H16FNO3S/c1-10-3-7-15(22-10)13(19)6-8-16(20)18-12-5-4-11(17)9-14(12)21-2/h3-5,7,9H,6,8H2,1-2H3,(H,18,20). The molecule has 4 nitrogen and oxygen atoms in total.